The second-order valence-corrected chi connectivity index (χ2v) is 5.92. The molecule has 0 amide bonds. The summed E-state index contributed by atoms with van der Waals surface area (Å²) < 4.78 is 0. The number of nitrogens with zero attached hydrogens (tertiary/aromatic N) is 2. The van der Waals surface area contributed by atoms with Crippen molar-refractivity contribution in [3.63, 3.8) is 0 Å². The summed E-state index contributed by atoms with van der Waals surface area (Å²) in [5.41, 5.74) is 1.58. The highest BCUT2D eigenvalue weighted by Crippen LogP contribution is 2.27. The molecule has 2 rings (SSSR count). The Kier molecular flexibility index (Phi) is 5.14. The van der Waals surface area contributed by atoms with E-state index in [1.807, 2.05) is 6.07 Å². The fourth-order valence-electron chi connectivity index (χ4n) is 2.72. The van der Waals surface area contributed by atoms with E-state index in [1.54, 1.807) is 13.1 Å². The molecule has 0 spiro atoms. The number of pyridine rings is 1. The zero-order valence-corrected chi connectivity index (χ0v) is 12.5. The molecule has 1 fully saturated rings. The average Bonchev–Trinajstić information content (AvgIpc) is 2.98. The normalized spacial score (nSPS) is 16.9. The highest BCUT2D eigenvalue weighted by atomic mass is 35.5. The van der Waals surface area contributed by atoms with Crippen molar-refractivity contribution in [2.45, 2.75) is 51.4 Å². The van der Waals surface area contributed by atoms with Gasteiger partial charge in [0.15, 0.2) is 0 Å². The van der Waals surface area contributed by atoms with Gasteiger partial charge in [-0.25, -0.2) is 0 Å². The first kappa shape index (κ1) is 15.0. The van der Waals surface area contributed by atoms with Crippen LogP contribution in [0.1, 0.15) is 56.2 Å². The molecule has 0 saturated heterocycles. The van der Waals surface area contributed by atoms with Crippen molar-refractivity contribution >= 4 is 17.4 Å². The fraction of sp³-hybridized carbons (Fsp3) is 0.562. The predicted octanol–water partition coefficient (Wildman–Crippen LogP) is 4.05. The molecule has 1 aliphatic rings. The minimum Gasteiger partial charge on any atom is -0.299 e. The van der Waals surface area contributed by atoms with Crippen molar-refractivity contribution in [2.24, 2.45) is 5.92 Å². The van der Waals surface area contributed by atoms with Gasteiger partial charge in [0, 0.05) is 18.5 Å². The van der Waals surface area contributed by atoms with Crippen molar-refractivity contribution in [1.29, 1.82) is 5.26 Å². The zero-order chi connectivity index (χ0) is 14.5. The maximum absolute atomic E-state index is 12.0. The summed E-state index contributed by atoms with van der Waals surface area (Å²) in [5, 5.41) is 9.40. The first-order valence-electron chi connectivity index (χ1n) is 7.18. The third-order valence-electron chi connectivity index (χ3n) is 4.00. The summed E-state index contributed by atoms with van der Waals surface area (Å²) in [6, 6.07) is 3.96. The number of aryl methyl sites for hydroxylation is 1. The molecule has 1 unspecified atom stereocenters. The smallest absolute Gasteiger partial charge is 0.136 e. The molecule has 20 heavy (non-hydrogen) atoms. The Balaban J connectivity index is 1.95. The average molecular weight is 291 g/mol. The third kappa shape index (κ3) is 3.58. The van der Waals surface area contributed by atoms with E-state index in [0.717, 1.165) is 18.4 Å². The Bertz CT molecular complexity index is 530. The summed E-state index contributed by atoms with van der Waals surface area (Å²) in [6.45, 7) is 1.78. The Morgan fingerprint density at radius 3 is 2.85 bits per heavy atom. The van der Waals surface area contributed by atoms with Crippen molar-refractivity contribution < 1.29 is 4.79 Å². The van der Waals surface area contributed by atoms with E-state index >= 15 is 0 Å². The van der Waals surface area contributed by atoms with Gasteiger partial charge < -0.3 is 0 Å². The number of ketones is 1. The van der Waals surface area contributed by atoms with Gasteiger partial charge in [0.05, 0.1) is 22.7 Å². The van der Waals surface area contributed by atoms with Crippen LogP contribution >= 0.6 is 11.6 Å². The summed E-state index contributed by atoms with van der Waals surface area (Å²) in [7, 11) is 0. The molecule has 1 saturated carbocycles. The van der Waals surface area contributed by atoms with Crippen molar-refractivity contribution in [1.82, 2.24) is 4.98 Å². The number of carbonyl (C=O) groups is 1. The SMILES string of the molecule is CC(C#N)c1ncc(CCC(=O)C2CCCC2)cc1Cl. The Hall–Kier alpha value is -1.40. The lowest BCUT2D eigenvalue weighted by Crippen LogP contribution is -2.11. The highest BCUT2D eigenvalue weighted by molar-refractivity contribution is 6.31. The van der Waals surface area contributed by atoms with Gasteiger partial charge in [-0.15, -0.1) is 0 Å². The number of aromatic nitrogens is 1. The molecule has 0 bridgehead atoms. The summed E-state index contributed by atoms with van der Waals surface area (Å²) in [5.74, 6) is 0.334. The van der Waals surface area contributed by atoms with E-state index in [1.165, 1.54) is 12.8 Å². The predicted molar refractivity (Wildman–Crippen MR) is 78.6 cm³/mol. The molecular weight excluding hydrogens is 272 g/mol. The van der Waals surface area contributed by atoms with Gasteiger partial charge in [-0.2, -0.15) is 5.26 Å². The summed E-state index contributed by atoms with van der Waals surface area (Å²) in [6.07, 6.45) is 7.46. The molecular formula is C16H19ClN2O. The van der Waals surface area contributed by atoms with E-state index < -0.39 is 0 Å². The van der Waals surface area contributed by atoms with Crippen LogP contribution in [-0.2, 0) is 11.2 Å². The van der Waals surface area contributed by atoms with Gasteiger partial charge in [-0.1, -0.05) is 24.4 Å². The first-order chi connectivity index (χ1) is 9.61. The van der Waals surface area contributed by atoms with Gasteiger partial charge in [-0.05, 0) is 37.8 Å². The fourth-order valence-corrected chi connectivity index (χ4v) is 3.08. The molecule has 0 aliphatic heterocycles. The van der Waals surface area contributed by atoms with E-state index in [4.69, 9.17) is 16.9 Å². The number of carbonyl (C=O) groups excluding carboxylic acids is 1. The lowest BCUT2D eigenvalue weighted by atomic mass is 9.97. The van der Waals surface area contributed by atoms with Crippen LogP contribution in [0.15, 0.2) is 12.3 Å². The van der Waals surface area contributed by atoms with Crippen LogP contribution in [0, 0.1) is 17.2 Å². The van der Waals surface area contributed by atoms with Crippen LogP contribution in [-0.4, -0.2) is 10.8 Å². The van der Waals surface area contributed by atoms with Gasteiger partial charge in [0.25, 0.3) is 0 Å². The topological polar surface area (TPSA) is 53.8 Å². The van der Waals surface area contributed by atoms with Crippen LogP contribution in [0.5, 0.6) is 0 Å². The standard InChI is InChI=1S/C16H19ClN2O/c1-11(9-18)16-14(17)8-12(10-19-16)6-7-15(20)13-4-2-3-5-13/h8,10-11,13H,2-7H2,1H3. The molecule has 1 heterocycles. The largest absolute Gasteiger partial charge is 0.299 e. The van der Waals surface area contributed by atoms with E-state index in [0.29, 0.717) is 29.3 Å². The zero-order valence-electron chi connectivity index (χ0n) is 11.7. The molecule has 0 radical (unpaired) electrons. The molecule has 106 valence electrons. The molecule has 1 aromatic rings. The Morgan fingerprint density at radius 2 is 2.25 bits per heavy atom. The maximum atomic E-state index is 12.0. The minimum atomic E-state index is -0.309. The quantitative estimate of drug-likeness (QED) is 0.822. The lowest BCUT2D eigenvalue weighted by Gasteiger charge is -2.09. The van der Waals surface area contributed by atoms with Crippen molar-refractivity contribution in [3.8, 4) is 6.07 Å². The van der Waals surface area contributed by atoms with Gasteiger partial charge >= 0.3 is 0 Å². The van der Waals surface area contributed by atoms with Crippen LogP contribution < -0.4 is 0 Å². The second kappa shape index (κ2) is 6.85. The maximum Gasteiger partial charge on any atom is 0.136 e. The number of rotatable bonds is 5. The lowest BCUT2D eigenvalue weighted by molar-refractivity contribution is -0.122. The van der Waals surface area contributed by atoms with Crippen LogP contribution in [0.3, 0.4) is 0 Å². The minimum absolute atomic E-state index is 0.274. The van der Waals surface area contributed by atoms with Crippen LogP contribution in [0.25, 0.3) is 0 Å². The molecule has 1 atom stereocenters. The monoisotopic (exact) mass is 290 g/mol. The summed E-state index contributed by atoms with van der Waals surface area (Å²) in [4.78, 5) is 16.3. The van der Waals surface area contributed by atoms with Gasteiger partial charge in [0.2, 0.25) is 0 Å². The Morgan fingerprint density at radius 1 is 1.55 bits per heavy atom. The number of hydrogen-bond acceptors (Lipinski definition) is 3. The molecule has 1 aromatic heterocycles. The van der Waals surface area contributed by atoms with Gasteiger partial charge in [0.1, 0.15) is 5.78 Å². The van der Waals surface area contributed by atoms with E-state index in [9.17, 15) is 4.79 Å². The van der Waals surface area contributed by atoms with E-state index in [-0.39, 0.29) is 11.8 Å². The highest BCUT2D eigenvalue weighted by Gasteiger charge is 2.22. The summed E-state index contributed by atoms with van der Waals surface area (Å²) >= 11 is 6.15. The second-order valence-electron chi connectivity index (χ2n) is 5.51. The van der Waals surface area contributed by atoms with Gasteiger partial charge in [-0.3, -0.25) is 9.78 Å². The molecule has 1 aliphatic carbocycles. The van der Waals surface area contributed by atoms with Crippen LogP contribution in [0.2, 0.25) is 5.02 Å². The third-order valence-corrected chi connectivity index (χ3v) is 4.30. The van der Waals surface area contributed by atoms with Crippen molar-refractivity contribution in [2.75, 3.05) is 0 Å². The number of hydrogen-bond donors (Lipinski definition) is 0. The number of Topliss-reactive ketones (excluding diaryl/α,β-unsaturated/α-hetero) is 1. The Labute approximate surface area is 125 Å². The molecule has 0 N–H and O–H groups in total. The first-order valence-corrected chi connectivity index (χ1v) is 7.56. The molecule has 0 aromatic carbocycles. The van der Waals surface area contributed by atoms with Crippen molar-refractivity contribution in [3.05, 3.63) is 28.5 Å². The van der Waals surface area contributed by atoms with Crippen LogP contribution in [0.4, 0.5) is 0 Å². The number of halogens is 1. The molecule has 3 nitrogen and oxygen atoms in total. The van der Waals surface area contributed by atoms with E-state index in [2.05, 4.69) is 11.1 Å². The number of nitriles is 1. The molecule has 4 heteroatoms.